The molecule has 0 aromatic heterocycles. The molecule has 0 saturated heterocycles. The summed E-state index contributed by atoms with van der Waals surface area (Å²) in [7, 11) is 1.32. The van der Waals surface area contributed by atoms with Gasteiger partial charge in [0.05, 0.1) is 18.7 Å². The summed E-state index contributed by atoms with van der Waals surface area (Å²) in [5.41, 5.74) is -0.901. The molecule has 0 aliphatic heterocycles. The van der Waals surface area contributed by atoms with Crippen molar-refractivity contribution in [3.05, 3.63) is 29.6 Å². The number of hydrogen-bond acceptors (Lipinski definition) is 5. The fourth-order valence-electron chi connectivity index (χ4n) is 2.73. The van der Waals surface area contributed by atoms with Gasteiger partial charge in [-0.25, -0.2) is 9.18 Å². The van der Waals surface area contributed by atoms with E-state index >= 15 is 0 Å². The molecule has 1 aliphatic carbocycles. The minimum atomic E-state index is -0.881. The van der Waals surface area contributed by atoms with Crippen LogP contribution in [0.1, 0.15) is 42.5 Å². The van der Waals surface area contributed by atoms with Gasteiger partial charge < -0.3 is 14.8 Å². The van der Waals surface area contributed by atoms with Crippen molar-refractivity contribution in [2.45, 2.75) is 37.6 Å². The van der Waals surface area contributed by atoms with Crippen LogP contribution in [0.15, 0.2) is 18.2 Å². The van der Waals surface area contributed by atoms with Gasteiger partial charge in [-0.3, -0.25) is 4.79 Å². The highest BCUT2D eigenvalue weighted by molar-refractivity contribution is 5.91. The number of amides is 1. The molecule has 2 rings (SSSR count). The van der Waals surface area contributed by atoms with Crippen LogP contribution in [0.4, 0.5) is 4.39 Å². The minimum absolute atomic E-state index is 0.0116. The molecule has 1 aromatic rings. The predicted molar refractivity (Wildman–Crippen MR) is 82.8 cm³/mol. The summed E-state index contributed by atoms with van der Waals surface area (Å²) < 4.78 is 23.2. The Labute approximate surface area is 139 Å². The average Bonchev–Trinajstić information content (AvgIpc) is 2.60. The van der Waals surface area contributed by atoms with Gasteiger partial charge in [-0.15, -0.1) is 0 Å². The zero-order chi connectivity index (χ0) is 17.6. The van der Waals surface area contributed by atoms with E-state index < -0.39 is 29.8 Å². The third kappa shape index (κ3) is 4.22. The molecule has 0 heterocycles. The Kier molecular flexibility index (Phi) is 5.74. The highest BCUT2D eigenvalue weighted by atomic mass is 19.1. The smallest absolute Gasteiger partial charge is 0.338 e. The number of nitriles is 1. The molecule has 24 heavy (non-hydrogen) atoms. The summed E-state index contributed by atoms with van der Waals surface area (Å²) >= 11 is 0. The molecule has 7 heteroatoms. The van der Waals surface area contributed by atoms with Gasteiger partial charge >= 0.3 is 5.97 Å². The van der Waals surface area contributed by atoms with E-state index in [1.54, 1.807) is 0 Å². The van der Waals surface area contributed by atoms with Crippen LogP contribution in [0.25, 0.3) is 0 Å². The van der Waals surface area contributed by atoms with Crippen molar-refractivity contribution in [2.24, 2.45) is 0 Å². The van der Waals surface area contributed by atoms with Gasteiger partial charge in [0.25, 0.3) is 5.91 Å². The zero-order valence-corrected chi connectivity index (χ0v) is 13.4. The Balaban J connectivity index is 1.90. The molecule has 1 fully saturated rings. The summed E-state index contributed by atoms with van der Waals surface area (Å²) in [6.07, 6.45) is 3.97. The number of carbonyl (C=O) groups excluding carboxylic acids is 2. The zero-order valence-electron chi connectivity index (χ0n) is 13.4. The molecule has 0 radical (unpaired) electrons. The monoisotopic (exact) mass is 334 g/mol. The van der Waals surface area contributed by atoms with E-state index in [0.717, 1.165) is 25.3 Å². The lowest BCUT2D eigenvalue weighted by Gasteiger charge is -2.31. The van der Waals surface area contributed by atoms with Crippen molar-refractivity contribution in [1.29, 1.82) is 5.26 Å². The van der Waals surface area contributed by atoms with E-state index in [2.05, 4.69) is 11.4 Å². The highest BCUT2D eigenvalue weighted by Gasteiger charge is 2.33. The fraction of sp³-hybridized carbons (Fsp3) is 0.471. The highest BCUT2D eigenvalue weighted by Crippen LogP contribution is 2.27. The van der Waals surface area contributed by atoms with Gasteiger partial charge in [-0.05, 0) is 31.0 Å². The maximum atomic E-state index is 13.6. The molecule has 128 valence electrons. The molecule has 0 atom stereocenters. The molecule has 1 amide bonds. The van der Waals surface area contributed by atoms with Gasteiger partial charge in [0.1, 0.15) is 5.54 Å². The lowest BCUT2D eigenvalue weighted by molar-refractivity contribution is -0.125. The number of ether oxygens (including phenoxy) is 2. The first-order chi connectivity index (χ1) is 11.5. The second kappa shape index (κ2) is 7.77. The van der Waals surface area contributed by atoms with Crippen LogP contribution < -0.4 is 10.1 Å². The Bertz CT molecular complexity index is 663. The minimum Gasteiger partial charge on any atom is -0.494 e. The van der Waals surface area contributed by atoms with Crippen molar-refractivity contribution < 1.29 is 23.5 Å². The van der Waals surface area contributed by atoms with Crippen molar-refractivity contribution in [3.8, 4) is 11.8 Å². The second-order valence-corrected chi connectivity index (χ2v) is 5.73. The number of esters is 1. The first-order valence-electron chi connectivity index (χ1n) is 7.72. The molecule has 1 saturated carbocycles. The standard InChI is InChI=1S/C17H19FN2O4/c1-23-14-6-5-12(9-13(14)18)16(22)24-10-15(21)20-17(11-19)7-3-2-4-8-17/h5-6,9H,2-4,7-8,10H2,1H3,(H,20,21). The van der Waals surface area contributed by atoms with Gasteiger partial charge in [-0.2, -0.15) is 5.26 Å². The first-order valence-corrected chi connectivity index (χ1v) is 7.72. The lowest BCUT2D eigenvalue weighted by Crippen LogP contribution is -2.50. The number of carbonyl (C=O) groups is 2. The van der Waals surface area contributed by atoms with Crippen LogP contribution >= 0.6 is 0 Å². The van der Waals surface area contributed by atoms with Crippen LogP contribution in [-0.2, 0) is 9.53 Å². The lowest BCUT2D eigenvalue weighted by atomic mass is 9.83. The molecule has 0 bridgehead atoms. The van der Waals surface area contributed by atoms with Gasteiger partial charge in [0, 0.05) is 0 Å². The normalized spacial score (nSPS) is 15.9. The molecular formula is C17H19FN2O4. The van der Waals surface area contributed by atoms with E-state index in [1.807, 2.05) is 0 Å². The van der Waals surface area contributed by atoms with Gasteiger partial charge in [0.2, 0.25) is 0 Å². The Morgan fingerprint density at radius 2 is 2.04 bits per heavy atom. The van der Waals surface area contributed by atoms with Crippen LogP contribution in [-0.4, -0.2) is 31.1 Å². The molecule has 6 nitrogen and oxygen atoms in total. The summed E-state index contributed by atoms with van der Waals surface area (Å²) in [5.74, 6) is -2.04. The SMILES string of the molecule is COc1ccc(C(=O)OCC(=O)NC2(C#N)CCCCC2)cc1F. The third-order valence-electron chi connectivity index (χ3n) is 4.02. The topological polar surface area (TPSA) is 88.4 Å². The average molecular weight is 334 g/mol. The van der Waals surface area contributed by atoms with Crippen molar-refractivity contribution in [1.82, 2.24) is 5.32 Å². The van der Waals surface area contributed by atoms with Crippen LogP contribution in [0.3, 0.4) is 0 Å². The maximum Gasteiger partial charge on any atom is 0.338 e. The Morgan fingerprint density at radius 1 is 1.33 bits per heavy atom. The quantitative estimate of drug-likeness (QED) is 0.835. The maximum absolute atomic E-state index is 13.6. The van der Waals surface area contributed by atoms with E-state index in [1.165, 1.54) is 19.2 Å². The summed E-state index contributed by atoms with van der Waals surface area (Å²) in [5, 5.41) is 11.9. The van der Waals surface area contributed by atoms with Crippen LogP contribution in [0.5, 0.6) is 5.75 Å². The number of hydrogen-bond donors (Lipinski definition) is 1. The summed E-state index contributed by atoms with van der Waals surface area (Å²) in [6, 6.07) is 5.79. The number of nitrogens with zero attached hydrogens (tertiary/aromatic N) is 1. The Hall–Kier alpha value is -2.62. The second-order valence-electron chi connectivity index (χ2n) is 5.73. The molecule has 1 aromatic carbocycles. The molecule has 0 spiro atoms. The Morgan fingerprint density at radius 3 is 2.62 bits per heavy atom. The van der Waals surface area contributed by atoms with Crippen molar-refractivity contribution in [3.63, 3.8) is 0 Å². The van der Waals surface area contributed by atoms with E-state index in [-0.39, 0.29) is 11.3 Å². The largest absolute Gasteiger partial charge is 0.494 e. The summed E-state index contributed by atoms with van der Waals surface area (Å²) in [4.78, 5) is 23.8. The van der Waals surface area contributed by atoms with E-state index in [9.17, 15) is 19.2 Å². The molecule has 1 N–H and O–H groups in total. The summed E-state index contributed by atoms with van der Waals surface area (Å²) in [6.45, 7) is -0.518. The van der Waals surface area contributed by atoms with E-state index in [0.29, 0.717) is 12.8 Å². The fourth-order valence-corrected chi connectivity index (χ4v) is 2.73. The van der Waals surface area contributed by atoms with Crippen molar-refractivity contribution in [2.75, 3.05) is 13.7 Å². The first kappa shape index (κ1) is 17.7. The molecule has 0 unspecified atom stereocenters. The number of nitrogens with one attached hydrogen (secondary N) is 1. The van der Waals surface area contributed by atoms with Crippen LogP contribution in [0.2, 0.25) is 0 Å². The molecule has 1 aliphatic rings. The number of benzene rings is 1. The van der Waals surface area contributed by atoms with Gasteiger partial charge in [-0.1, -0.05) is 19.3 Å². The predicted octanol–water partition coefficient (Wildman–Crippen LogP) is 2.33. The van der Waals surface area contributed by atoms with E-state index in [4.69, 9.17) is 9.47 Å². The van der Waals surface area contributed by atoms with Crippen molar-refractivity contribution >= 4 is 11.9 Å². The molecular weight excluding hydrogens is 315 g/mol. The number of rotatable bonds is 5. The third-order valence-corrected chi connectivity index (χ3v) is 4.02. The van der Waals surface area contributed by atoms with Gasteiger partial charge in [0.15, 0.2) is 18.2 Å². The van der Waals surface area contributed by atoms with Crippen LogP contribution in [0, 0.1) is 17.1 Å². The number of methoxy groups -OCH3 is 1. The number of halogens is 1.